The van der Waals surface area contributed by atoms with Gasteiger partial charge in [-0.2, -0.15) is 0 Å². The van der Waals surface area contributed by atoms with Gasteiger partial charge in [-0.3, -0.25) is 9.59 Å². The molecule has 0 unspecified atom stereocenters. The molecule has 0 aromatic heterocycles. The predicted molar refractivity (Wildman–Crippen MR) is 141 cm³/mol. The molecule has 0 aliphatic heterocycles. The number of hydrogen-bond acceptors (Lipinski definition) is 4. The summed E-state index contributed by atoms with van der Waals surface area (Å²) < 4.78 is 11.4. The molecule has 1 N–H and O–H groups in total. The van der Waals surface area contributed by atoms with Crippen LogP contribution < -0.4 is 14.8 Å². The monoisotopic (exact) mass is 502 g/mol. The van der Waals surface area contributed by atoms with Crippen LogP contribution in [-0.4, -0.2) is 42.5 Å². The number of nitrogens with one attached hydrogen (secondary N) is 1. The van der Waals surface area contributed by atoms with Gasteiger partial charge in [0.05, 0.1) is 13.2 Å². The third-order valence-corrected chi connectivity index (χ3v) is 5.82. The van der Waals surface area contributed by atoms with Crippen LogP contribution in [0.15, 0.2) is 42.5 Å². The molecule has 1 atom stereocenters. The Kier molecular flexibility index (Phi) is 11.9. The highest BCUT2D eigenvalue weighted by Crippen LogP contribution is 2.29. The van der Waals surface area contributed by atoms with E-state index in [4.69, 9.17) is 21.1 Å². The van der Waals surface area contributed by atoms with Crippen molar-refractivity contribution in [2.45, 2.75) is 66.5 Å². The molecule has 35 heavy (non-hydrogen) atoms. The summed E-state index contributed by atoms with van der Waals surface area (Å²) in [4.78, 5) is 28.2. The number of halogens is 1. The highest BCUT2D eigenvalue weighted by molar-refractivity contribution is 6.30. The third kappa shape index (κ3) is 9.10. The Morgan fingerprint density at radius 2 is 1.57 bits per heavy atom. The van der Waals surface area contributed by atoms with Crippen molar-refractivity contribution in [1.82, 2.24) is 10.2 Å². The van der Waals surface area contributed by atoms with E-state index in [1.165, 1.54) is 0 Å². The molecular formula is C28H39ClN2O4. The van der Waals surface area contributed by atoms with Crippen molar-refractivity contribution in [1.29, 1.82) is 0 Å². The van der Waals surface area contributed by atoms with Crippen LogP contribution in [0, 0.1) is 5.92 Å². The van der Waals surface area contributed by atoms with Crippen LogP contribution in [0.4, 0.5) is 0 Å². The second-order valence-electron chi connectivity index (χ2n) is 8.86. The molecule has 2 rings (SSSR count). The Bertz CT molecular complexity index is 946. The summed E-state index contributed by atoms with van der Waals surface area (Å²) in [5, 5.41) is 3.63. The fourth-order valence-electron chi connectivity index (χ4n) is 3.77. The number of amides is 2. The molecule has 2 aromatic carbocycles. The van der Waals surface area contributed by atoms with Gasteiger partial charge in [0, 0.05) is 24.5 Å². The van der Waals surface area contributed by atoms with Gasteiger partial charge in [0.1, 0.15) is 6.04 Å². The van der Waals surface area contributed by atoms with Gasteiger partial charge in [-0.25, -0.2) is 0 Å². The van der Waals surface area contributed by atoms with Gasteiger partial charge in [0.2, 0.25) is 11.8 Å². The second-order valence-corrected chi connectivity index (χ2v) is 9.29. The van der Waals surface area contributed by atoms with E-state index < -0.39 is 6.04 Å². The van der Waals surface area contributed by atoms with Crippen LogP contribution in [0.1, 0.15) is 58.6 Å². The third-order valence-electron chi connectivity index (χ3n) is 5.57. The molecule has 0 saturated heterocycles. The summed E-state index contributed by atoms with van der Waals surface area (Å²) in [5.41, 5.74) is 1.91. The van der Waals surface area contributed by atoms with Gasteiger partial charge in [-0.1, -0.05) is 50.6 Å². The summed E-state index contributed by atoms with van der Waals surface area (Å²) in [5.74, 6) is 1.51. The van der Waals surface area contributed by atoms with Gasteiger partial charge in [0.15, 0.2) is 11.5 Å². The Labute approximate surface area is 214 Å². The number of ether oxygens (including phenoxy) is 2. The fourth-order valence-corrected chi connectivity index (χ4v) is 3.90. The quantitative estimate of drug-likeness (QED) is 0.362. The average Bonchev–Trinajstić information content (AvgIpc) is 2.84. The first-order valence-corrected chi connectivity index (χ1v) is 12.9. The van der Waals surface area contributed by atoms with Crippen molar-refractivity contribution in [2.24, 2.45) is 5.92 Å². The van der Waals surface area contributed by atoms with E-state index in [0.29, 0.717) is 61.6 Å². The largest absolute Gasteiger partial charge is 0.490 e. The van der Waals surface area contributed by atoms with Crippen LogP contribution in [0.2, 0.25) is 5.02 Å². The second kappa shape index (κ2) is 14.6. The van der Waals surface area contributed by atoms with E-state index in [-0.39, 0.29) is 18.2 Å². The fraction of sp³-hybridized carbons (Fsp3) is 0.500. The van der Waals surface area contributed by atoms with Crippen molar-refractivity contribution in [3.8, 4) is 11.5 Å². The van der Waals surface area contributed by atoms with Crippen LogP contribution in [0.5, 0.6) is 11.5 Å². The first-order chi connectivity index (χ1) is 16.8. The lowest BCUT2D eigenvalue weighted by Crippen LogP contribution is -2.49. The van der Waals surface area contributed by atoms with Crippen LogP contribution in [0.25, 0.3) is 0 Å². The molecule has 2 aromatic rings. The Balaban J connectivity index is 2.21. The van der Waals surface area contributed by atoms with E-state index in [1.807, 2.05) is 65.0 Å². The van der Waals surface area contributed by atoms with Crippen molar-refractivity contribution < 1.29 is 19.1 Å². The zero-order chi connectivity index (χ0) is 25.8. The zero-order valence-corrected chi connectivity index (χ0v) is 22.4. The minimum Gasteiger partial charge on any atom is -0.490 e. The summed E-state index contributed by atoms with van der Waals surface area (Å²) in [6, 6.07) is 12.6. The maximum Gasteiger partial charge on any atom is 0.242 e. The molecule has 0 saturated carbocycles. The minimum absolute atomic E-state index is 0.0710. The summed E-state index contributed by atoms with van der Waals surface area (Å²) in [6.07, 6.45) is 1.34. The van der Waals surface area contributed by atoms with Crippen molar-refractivity contribution in [3.63, 3.8) is 0 Å². The number of nitrogens with zero attached hydrogens (tertiary/aromatic N) is 1. The Hall–Kier alpha value is -2.73. The number of carbonyl (C=O) groups is 2. The minimum atomic E-state index is -0.545. The van der Waals surface area contributed by atoms with E-state index in [1.54, 1.807) is 17.0 Å². The SMILES string of the molecule is CCOc1ccc(CCC(=O)N(Cc2ccc(Cl)cc2)[C@H](CC)C(=O)NCC(C)C)cc1OCC. The number of carbonyl (C=O) groups excluding carboxylic acids is 2. The molecule has 0 aliphatic carbocycles. The average molecular weight is 503 g/mol. The first-order valence-electron chi connectivity index (χ1n) is 12.5. The van der Waals surface area contributed by atoms with Crippen LogP contribution in [-0.2, 0) is 22.6 Å². The molecule has 192 valence electrons. The number of hydrogen-bond donors (Lipinski definition) is 1. The molecule has 0 spiro atoms. The number of aryl methyl sites for hydroxylation is 1. The zero-order valence-electron chi connectivity index (χ0n) is 21.6. The lowest BCUT2D eigenvalue weighted by molar-refractivity contribution is -0.141. The Morgan fingerprint density at radius 1 is 0.943 bits per heavy atom. The molecular weight excluding hydrogens is 464 g/mol. The first kappa shape index (κ1) is 28.5. The van der Waals surface area contributed by atoms with E-state index in [9.17, 15) is 9.59 Å². The smallest absolute Gasteiger partial charge is 0.242 e. The van der Waals surface area contributed by atoms with Gasteiger partial charge in [0.25, 0.3) is 0 Å². The van der Waals surface area contributed by atoms with Crippen LogP contribution >= 0.6 is 11.6 Å². The summed E-state index contributed by atoms with van der Waals surface area (Å²) in [6.45, 7) is 11.9. The van der Waals surface area contributed by atoms with Gasteiger partial charge < -0.3 is 19.7 Å². The molecule has 6 nitrogen and oxygen atoms in total. The maximum absolute atomic E-state index is 13.5. The van der Waals surface area contributed by atoms with E-state index in [0.717, 1.165) is 11.1 Å². The van der Waals surface area contributed by atoms with Crippen molar-refractivity contribution in [2.75, 3.05) is 19.8 Å². The highest BCUT2D eigenvalue weighted by Gasteiger charge is 2.28. The predicted octanol–water partition coefficient (Wildman–Crippen LogP) is 5.65. The molecule has 0 aliphatic rings. The molecule has 0 radical (unpaired) electrons. The van der Waals surface area contributed by atoms with Crippen molar-refractivity contribution >= 4 is 23.4 Å². The normalized spacial score (nSPS) is 11.7. The van der Waals surface area contributed by atoms with Gasteiger partial charge >= 0.3 is 0 Å². The van der Waals surface area contributed by atoms with E-state index >= 15 is 0 Å². The highest BCUT2D eigenvalue weighted by atomic mass is 35.5. The molecule has 0 bridgehead atoms. The van der Waals surface area contributed by atoms with Gasteiger partial charge in [-0.15, -0.1) is 0 Å². The molecule has 7 heteroatoms. The molecule has 0 heterocycles. The maximum atomic E-state index is 13.5. The topological polar surface area (TPSA) is 67.9 Å². The van der Waals surface area contributed by atoms with Crippen molar-refractivity contribution in [3.05, 3.63) is 58.6 Å². The summed E-state index contributed by atoms with van der Waals surface area (Å²) >= 11 is 6.04. The molecule has 2 amide bonds. The number of benzene rings is 2. The molecule has 0 fully saturated rings. The standard InChI is InChI=1S/C28H39ClN2O4/c1-6-24(28(33)30-18-20(4)5)31(19-22-9-13-23(29)14-10-22)27(32)16-12-21-11-15-25(34-7-2)26(17-21)35-8-3/h9-11,13-15,17,20,24H,6-8,12,16,18-19H2,1-5H3,(H,30,33)/t24-/m1/s1. The summed E-state index contributed by atoms with van der Waals surface area (Å²) in [7, 11) is 0. The lowest BCUT2D eigenvalue weighted by Gasteiger charge is -2.31. The number of rotatable bonds is 14. The Morgan fingerprint density at radius 3 is 2.17 bits per heavy atom. The lowest BCUT2D eigenvalue weighted by atomic mass is 10.1. The van der Waals surface area contributed by atoms with E-state index in [2.05, 4.69) is 5.32 Å². The van der Waals surface area contributed by atoms with Crippen LogP contribution in [0.3, 0.4) is 0 Å². The van der Waals surface area contributed by atoms with Gasteiger partial charge in [-0.05, 0) is 68.0 Å².